The molecule has 0 bridgehead atoms. The van der Waals surface area contributed by atoms with E-state index in [0.29, 0.717) is 29.3 Å². The fourth-order valence-corrected chi connectivity index (χ4v) is 1.93. The van der Waals surface area contributed by atoms with Crippen LogP contribution in [0.3, 0.4) is 0 Å². The molecule has 2 aromatic heterocycles. The predicted molar refractivity (Wildman–Crippen MR) is 87.8 cm³/mol. The molecule has 0 spiro atoms. The van der Waals surface area contributed by atoms with Gasteiger partial charge in [0.2, 0.25) is 0 Å². The second-order valence-electron chi connectivity index (χ2n) is 3.79. The van der Waals surface area contributed by atoms with Crippen molar-refractivity contribution >= 4 is 28.3 Å². The van der Waals surface area contributed by atoms with Gasteiger partial charge in [-0.1, -0.05) is 30.3 Å². The maximum atomic E-state index is 5.35. The first-order valence-corrected chi connectivity index (χ1v) is 6.95. The summed E-state index contributed by atoms with van der Waals surface area (Å²) in [4.78, 5) is 0. The van der Waals surface area contributed by atoms with Crippen LogP contribution in [0.2, 0.25) is 0 Å². The van der Waals surface area contributed by atoms with Gasteiger partial charge >= 0.3 is 0 Å². The average Bonchev–Trinajstić information content (AvgIpc) is 3.20. The lowest BCUT2D eigenvalue weighted by Gasteiger charge is -1.99. The van der Waals surface area contributed by atoms with E-state index in [4.69, 9.17) is 15.0 Å². The number of rotatable bonds is 4. The van der Waals surface area contributed by atoms with E-state index < -0.39 is 0 Å². The lowest BCUT2D eigenvalue weighted by molar-refractivity contribution is 0.287. The van der Waals surface area contributed by atoms with Crippen LogP contribution in [-0.4, -0.2) is 33.7 Å². The first-order chi connectivity index (χ1) is 10.3. The van der Waals surface area contributed by atoms with Crippen LogP contribution in [0.1, 0.15) is 0 Å². The van der Waals surface area contributed by atoms with E-state index in [2.05, 4.69) is 36.5 Å². The maximum Gasteiger partial charge on any atom is 0.269 e. The molecule has 0 unspecified atom stereocenters. The van der Waals surface area contributed by atoms with Gasteiger partial charge in [-0.3, -0.25) is 0 Å². The van der Waals surface area contributed by atoms with Crippen molar-refractivity contribution in [2.24, 2.45) is 5.73 Å². The molecule has 3 N–H and O–H groups in total. The van der Waals surface area contributed by atoms with E-state index in [1.807, 2.05) is 30.3 Å². The monoisotopic (exact) mass is 387 g/mol. The molecule has 2 heterocycles. The van der Waals surface area contributed by atoms with Gasteiger partial charge in [-0.15, -0.1) is 12.4 Å². The average molecular weight is 389 g/mol. The van der Waals surface area contributed by atoms with Crippen molar-refractivity contribution in [3.8, 4) is 17.2 Å². The van der Waals surface area contributed by atoms with Crippen molar-refractivity contribution < 1.29 is 9.26 Å². The van der Waals surface area contributed by atoms with Crippen LogP contribution in [0.15, 0.2) is 51.7 Å². The summed E-state index contributed by atoms with van der Waals surface area (Å²) in [5.41, 5.74) is 6.29. The zero-order valence-corrected chi connectivity index (χ0v) is 13.9. The highest BCUT2D eigenvalue weighted by Crippen LogP contribution is 2.35. The third kappa shape index (κ3) is 5.14. The third-order valence-corrected chi connectivity index (χ3v) is 3.03. The first kappa shape index (κ1) is 18.1. The zero-order chi connectivity index (χ0) is 14.9. The van der Waals surface area contributed by atoms with Crippen LogP contribution in [0, 0.1) is 0 Å². The summed E-state index contributed by atoms with van der Waals surface area (Å²) in [6.45, 7) is 0.860. The molecule has 0 radical (unpaired) electrons. The van der Waals surface area contributed by atoms with E-state index in [0.717, 1.165) is 5.56 Å². The van der Waals surface area contributed by atoms with Gasteiger partial charge in [0.15, 0.2) is 5.76 Å². The number of nitrogens with one attached hydrogen (secondary N) is 1. The van der Waals surface area contributed by atoms with Gasteiger partial charge in [0, 0.05) is 12.1 Å². The molecular formula is C13H15BrClN5O2. The predicted octanol–water partition coefficient (Wildman–Crippen LogP) is 2.67. The molecule has 0 saturated heterocycles. The Morgan fingerprint density at radius 1 is 1.18 bits per heavy atom. The Morgan fingerprint density at radius 3 is 2.41 bits per heavy atom. The summed E-state index contributed by atoms with van der Waals surface area (Å²) in [7, 11) is 0. The normalized spacial score (nSPS) is 9.36. The van der Waals surface area contributed by atoms with Gasteiger partial charge in [-0.25, -0.2) is 0 Å². The van der Waals surface area contributed by atoms with E-state index in [1.54, 1.807) is 12.4 Å². The van der Waals surface area contributed by atoms with E-state index >= 15 is 0 Å². The molecule has 1 aromatic carbocycles. The molecule has 118 valence electrons. The molecule has 7 nitrogen and oxygen atoms in total. The fourth-order valence-electron chi connectivity index (χ4n) is 1.45. The van der Waals surface area contributed by atoms with Crippen LogP contribution in [0.4, 0.5) is 0 Å². The molecule has 0 aliphatic heterocycles. The van der Waals surface area contributed by atoms with Gasteiger partial charge < -0.3 is 15.0 Å². The molecule has 3 aromatic rings. The van der Waals surface area contributed by atoms with Gasteiger partial charge in [-0.2, -0.15) is 15.4 Å². The highest BCUT2D eigenvalue weighted by molar-refractivity contribution is 9.10. The third-order valence-electron chi connectivity index (χ3n) is 2.33. The quantitative estimate of drug-likeness (QED) is 0.712. The molecule has 22 heavy (non-hydrogen) atoms. The highest BCUT2D eigenvalue weighted by atomic mass is 79.9. The number of aromatic nitrogens is 4. The van der Waals surface area contributed by atoms with Crippen LogP contribution >= 0.6 is 28.3 Å². The summed E-state index contributed by atoms with van der Waals surface area (Å²) in [5, 5.41) is 13.2. The van der Waals surface area contributed by atoms with Crippen molar-refractivity contribution in [2.45, 2.75) is 0 Å². The molecule has 0 fully saturated rings. The largest absolute Gasteiger partial charge is 0.473 e. The van der Waals surface area contributed by atoms with E-state index in [-0.39, 0.29) is 12.4 Å². The first-order valence-electron chi connectivity index (χ1n) is 6.16. The number of nitrogens with zero attached hydrogens (tertiary/aromatic N) is 3. The Hall–Kier alpha value is -1.90. The Balaban J connectivity index is 0.000000344. The number of hydrogen-bond acceptors (Lipinski definition) is 6. The molecule has 9 heteroatoms. The number of hydrogen-bond donors (Lipinski definition) is 2. The molecule has 0 saturated carbocycles. The zero-order valence-electron chi connectivity index (χ0n) is 11.5. The fraction of sp³-hybridized carbons (Fsp3) is 0.154. The van der Waals surface area contributed by atoms with Crippen molar-refractivity contribution in [2.75, 3.05) is 13.2 Å². The maximum absolute atomic E-state index is 5.35. The Kier molecular flexibility index (Phi) is 8.19. The number of nitrogens with two attached hydrogens (primary N) is 1. The van der Waals surface area contributed by atoms with Gasteiger partial charge in [0.1, 0.15) is 11.1 Å². The van der Waals surface area contributed by atoms with E-state index in [1.165, 1.54) is 0 Å². The van der Waals surface area contributed by atoms with Crippen molar-refractivity contribution in [3.05, 3.63) is 47.2 Å². The highest BCUT2D eigenvalue weighted by Gasteiger charge is 2.15. The Labute approximate surface area is 141 Å². The van der Waals surface area contributed by atoms with Crippen LogP contribution in [-0.2, 0) is 0 Å². The van der Waals surface area contributed by atoms with Gasteiger partial charge in [-0.05, 0) is 21.1 Å². The van der Waals surface area contributed by atoms with Gasteiger partial charge in [0.05, 0.1) is 12.4 Å². The van der Waals surface area contributed by atoms with Crippen molar-refractivity contribution in [3.63, 3.8) is 0 Å². The van der Waals surface area contributed by atoms with E-state index in [9.17, 15) is 0 Å². The summed E-state index contributed by atoms with van der Waals surface area (Å²) < 4.78 is 11.2. The number of benzene rings is 1. The number of ether oxygens (including phenoxy) is 1. The topological polar surface area (TPSA) is 103 Å². The Morgan fingerprint density at radius 2 is 1.86 bits per heavy atom. The summed E-state index contributed by atoms with van der Waals surface area (Å²) in [5.74, 6) is 1.09. The molecule has 3 rings (SSSR count). The summed E-state index contributed by atoms with van der Waals surface area (Å²) in [6.07, 6.45) is 3.17. The minimum absolute atomic E-state index is 0. The number of H-pyrrole nitrogens is 1. The van der Waals surface area contributed by atoms with Crippen molar-refractivity contribution in [1.82, 2.24) is 20.6 Å². The standard InChI is InChI=1S/C11H11BrN2O2.C2H3N3.ClH/c12-9-10(8-4-2-1-3-5-8)16-14-11(9)15-7-6-13;1-2-4-5-3-1;/h1-5H,6-7,13H2;1-2H,(H,3,4,5);1H. The second-order valence-corrected chi connectivity index (χ2v) is 4.58. The second kappa shape index (κ2) is 9.93. The number of halogens is 2. The van der Waals surface area contributed by atoms with Gasteiger partial charge in [0.25, 0.3) is 5.88 Å². The smallest absolute Gasteiger partial charge is 0.269 e. The SMILES string of the molecule is Cl.NCCOc1noc(-c2ccccc2)c1Br.c1cn[nH]n1. The Bertz CT molecular complexity index is 616. The molecular weight excluding hydrogens is 374 g/mol. The summed E-state index contributed by atoms with van der Waals surface area (Å²) >= 11 is 3.40. The minimum Gasteiger partial charge on any atom is -0.473 e. The molecule has 0 amide bonds. The molecule has 0 aliphatic rings. The summed E-state index contributed by atoms with van der Waals surface area (Å²) in [6, 6.07) is 9.70. The lowest BCUT2D eigenvalue weighted by Crippen LogP contribution is -2.10. The van der Waals surface area contributed by atoms with Crippen molar-refractivity contribution in [1.29, 1.82) is 0 Å². The van der Waals surface area contributed by atoms with Crippen LogP contribution in [0.5, 0.6) is 5.88 Å². The molecule has 0 atom stereocenters. The lowest BCUT2D eigenvalue weighted by atomic mass is 10.2. The molecule has 0 aliphatic carbocycles. The van der Waals surface area contributed by atoms with Crippen LogP contribution < -0.4 is 10.5 Å². The minimum atomic E-state index is 0. The van der Waals surface area contributed by atoms with Crippen LogP contribution in [0.25, 0.3) is 11.3 Å². The number of aromatic amines is 1.